The number of rotatable bonds is 3. The van der Waals surface area contributed by atoms with Crippen LogP contribution in [0.5, 0.6) is 0 Å². The van der Waals surface area contributed by atoms with E-state index in [-0.39, 0.29) is 24.5 Å². The number of hydrogen-bond donors (Lipinski definition) is 2. The molecule has 2 atom stereocenters. The molecule has 2 unspecified atom stereocenters. The van der Waals surface area contributed by atoms with Crippen molar-refractivity contribution in [3.05, 3.63) is 17.5 Å². The Morgan fingerprint density at radius 1 is 1.43 bits per heavy atom. The molecule has 1 aliphatic carbocycles. The maximum absolute atomic E-state index is 12.7. The van der Waals surface area contributed by atoms with E-state index in [1.165, 1.54) is 0 Å². The predicted octanol–water partition coefficient (Wildman–Crippen LogP) is 3.38. The molecule has 1 aromatic rings. The number of carbonyl (C=O) groups is 1. The molecule has 2 N–H and O–H groups in total. The summed E-state index contributed by atoms with van der Waals surface area (Å²) in [4.78, 5) is 12.0. The minimum absolute atomic E-state index is 0.0449. The Kier molecular flexibility index (Phi) is 4.58. The Hall–Kier alpha value is -1.53. The fourth-order valence-electron chi connectivity index (χ4n) is 2.63. The zero-order chi connectivity index (χ0) is 15.6. The van der Waals surface area contributed by atoms with E-state index in [0.29, 0.717) is 12.8 Å². The van der Waals surface area contributed by atoms with E-state index in [2.05, 4.69) is 15.5 Å². The molecule has 2 rings (SSSR count). The summed E-state index contributed by atoms with van der Waals surface area (Å²) in [7, 11) is 0. The van der Waals surface area contributed by atoms with Crippen LogP contribution in [-0.4, -0.2) is 28.3 Å². The van der Waals surface area contributed by atoms with Crippen LogP contribution in [0.25, 0.3) is 0 Å². The molecule has 1 aromatic heterocycles. The van der Waals surface area contributed by atoms with Gasteiger partial charge in [0.25, 0.3) is 5.91 Å². The van der Waals surface area contributed by atoms with Crippen molar-refractivity contribution in [3.63, 3.8) is 0 Å². The summed E-state index contributed by atoms with van der Waals surface area (Å²) in [6, 6.07) is 1.21. The molecule has 0 radical (unpaired) electrons. The summed E-state index contributed by atoms with van der Waals surface area (Å²) in [6.07, 6.45) is -3.01. The first-order valence-corrected chi connectivity index (χ1v) is 7.20. The lowest BCUT2D eigenvalue weighted by molar-refractivity contribution is -0.183. The van der Waals surface area contributed by atoms with E-state index < -0.39 is 24.0 Å². The van der Waals surface area contributed by atoms with Gasteiger partial charge in [-0.1, -0.05) is 20.3 Å². The normalized spacial score (nSPS) is 23.3. The molecule has 118 valence electrons. The van der Waals surface area contributed by atoms with E-state index in [9.17, 15) is 18.0 Å². The van der Waals surface area contributed by atoms with Crippen LogP contribution in [0.2, 0.25) is 0 Å². The third-order valence-corrected chi connectivity index (χ3v) is 3.92. The number of H-pyrrole nitrogens is 1. The second-order valence-corrected chi connectivity index (χ2v) is 5.94. The van der Waals surface area contributed by atoms with Crippen molar-refractivity contribution in [1.29, 1.82) is 0 Å². The minimum atomic E-state index is -4.18. The van der Waals surface area contributed by atoms with E-state index in [0.717, 1.165) is 5.69 Å². The van der Waals surface area contributed by atoms with Crippen LogP contribution in [-0.2, 0) is 0 Å². The largest absolute Gasteiger partial charge is 0.391 e. The predicted molar refractivity (Wildman–Crippen MR) is 71.9 cm³/mol. The third kappa shape index (κ3) is 3.98. The number of aromatic amines is 1. The topological polar surface area (TPSA) is 57.8 Å². The molecule has 4 nitrogen and oxygen atoms in total. The molecule has 0 aliphatic heterocycles. The van der Waals surface area contributed by atoms with E-state index in [1.807, 2.05) is 13.8 Å². The number of halogens is 3. The summed E-state index contributed by atoms with van der Waals surface area (Å²) in [5.74, 6) is -1.52. The maximum atomic E-state index is 12.7. The number of alkyl halides is 3. The average molecular weight is 303 g/mol. The molecular formula is C14H20F3N3O. The smallest absolute Gasteiger partial charge is 0.348 e. The SMILES string of the molecule is CC(C)c1cc(C(=O)NC2CCCC(C(F)(F)F)C2)n[nH]1. The van der Waals surface area contributed by atoms with Gasteiger partial charge in [-0.3, -0.25) is 9.89 Å². The van der Waals surface area contributed by atoms with Crippen LogP contribution < -0.4 is 5.32 Å². The molecular weight excluding hydrogens is 283 g/mol. The number of nitrogens with one attached hydrogen (secondary N) is 2. The van der Waals surface area contributed by atoms with Gasteiger partial charge in [-0.15, -0.1) is 0 Å². The Bertz CT molecular complexity index is 496. The van der Waals surface area contributed by atoms with Crippen molar-refractivity contribution in [3.8, 4) is 0 Å². The molecule has 1 fully saturated rings. The molecule has 1 aliphatic rings. The van der Waals surface area contributed by atoms with E-state index in [1.54, 1.807) is 6.07 Å². The van der Waals surface area contributed by atoms with Gasteiger partial charge in [0.1, 0.15) is 5.69 Å². The summed E-state index contributed by atoms with van der Waals surface area (Å²) < 4.78 is 38.2. The highest BCUT2D eigenvalue weighted by Gasteiger charge is 2.42. The van der Waals surface area contributed by atoms with E-state index >= 15 is 0 Å². The standard InChI is InChI=1S/C14H20F3N3O/c1-8(2)11-7-12(20-19-11)13(21)18-10-5-3-4-9(6-10)14(15,16)17/h7-10H,3-6H2,1-2H3,(H,18,21)(H,19,20). The van der Waals surface area contributed by atoms with Crippen LogP contribution >= 0.6 is 0 Å². The molecule has 1 saturated carbocycles. The Morgan fingerprint density at radius 3 is 2.71 bits per heavy atom. The highest BCUT2D eigenvalue weighted by Crippen LogP contribution is 2.37. The van der Waals surface area contributed by atoms with Gasteiger partial charge >= 0.3 is 6.18 Å². The Morgan fingerprint density at radius 2 is 2.14 bits per heavy atom. The first kappa shape index (κ1) is 15.9. The Balaban J connectivity index is 1.95. The molecule has 7 heteroatoms. The number of nitrogens with zero attached hydrogens (tertiary/aromatic N) is 1. The number of hydrogen-bond acceptors (Lipinski definition) is 2. The summed E-state index contributed by atoms with van der Waals surface area (Å²) in [5, 5.41) is 9.34. The second-order valence-electron chi connectivity index (χ2n) is 5.94. The number of aromatic nitrogens is 2. The molecule has 21 heavy (non-hydrogen) atoms. The lowest BCUT2D eigenvalue weighted by Crippen LogP contribution is -2.41. The van der Waals surface area contributed by atoms with Gasteiger partial charge in [-0.05, 0) is 31.2 Å². The highest BCUT2D eigenvalue weighted by molar-refractivity contribution is 5.92. The quantitative estimate of drug-likeness (QED) is 0.899. The van der Waals surface area contributed by atoms with Gasteiger partial charge in [-0.25, -0.2) is 0 Å². The van der Waals surface area contributed by atoms with Crippen molar-refractivity contribution in [2.24, 2.45) is 5.92 Å². The maximum Gasteiger partial charge on any atom is 0.391 e. The van der Waals surface area contributed by atoms with Crippen molar-refractivity contribution in [2.75, 3.05) is 0 Å². The number of carbonyl (C=O) groups excluding carboxylic acids is 1. The monoisotopic (exact) mass is 303 g/mol. The summed E-state index contributed by atoms with van der Waals surface area (Å²) >= 11 is 0. The van der Waals surface area contributed by atoms with Crippen LogP contribution in [0.3, 0.4) is 0 Å². The van der Waals surface area contributed by atoms with Gasteiger partial charge in [0.15, 0.2) is 0 Å². The highest BCUT2D eigenvalue weighted by atomic mass is 19.4. The van der Waals surface area contributed by atoms with Crippen LogP contribution in [0, 0.1) is 5.92 Å². The first-order chi connectivity index (χ1) is 9.77. The zero-order valence-electron chi connectivity index (χ0n) is 12.1. The van der Waals surface area contributed by atoms with Crippen LogP contribution in [0.1, 0.15) is 61.6 Å². The van der Waals surface area contributed by atoms with Gasteiger partial charge in [0.05, 0.1) is 5.92 Å². The van der Waals surface area contributed by atoms with Gasteiger partial charge < -0.3 is 5.32 Å². The molecule has 0 bridgehead atoms. The summed E-state index contributed by atoms with van der Waals surface area (Å²) in [6.45, 7) is 3.93. The zero-order valence-corrected chi connectivity index (χ0v) is 12.1. The lowest BCUT2D eigenvalue weighted by atomic mass is 9.85. The summed E-state index contributed by atoms with van der Waals surface area (Å²) in [5.41, 5.74) is 1.06. The van der Waals surface area contributed by atoms with Crippen molar-refractivity contribution in [2.45, 2.75) is 57.7 Å². The average Bonchev–Trinajstić information content (AvgIpc) is 2.88. The van der Waals surface area contributed by atoms with Crippen molar-refractivity contribution < 1.29 is 18.0 Å². The molecule has 0 aromatic carbocycles. The molecule has 0 spiro atoms. The fourth-order valence-corrected chi connectivity index (χ4v) is 2.63. The molecule has 1 heterocycles. The number of amides is 1. The van der Waals surface area contributed by atoms with Crippen LogP contribution in [0.15, 0.2) is 6.07 Å². The Labute approximate surface area is 121 Å². The van der Waals surface area contributed by atoms with Crippen LogP contribution in [0.4, 0.5) is 13.2 Å². The first-order valence-electron chi connectivity index (χ1n) is 7.20. The lowest BCUT2D eigenvalue weighted by Gasteiger charge is -2.30. The third-order valence-electron chi connectivity index (χ3n) is 3.92. The van der Waals surface area contributed by atoms with Crippen molar-refractivity contribution >= 4 is 5.91 Å². The van der Waals surface area contributed by atoms with E-state index in [4.69, 9.17) is 0 Å². The molecule has 1 amide bonds. The van der Waals surface area contributed by atoms with Gasteiger partial charge in [0.2, 0.25) is 0 Å². The van der Waals surface area contributed by atoms with Crippen molar-refractivity contribution in [1.82, 2.24) is 15.5 Å². The second kappa shape index (κ2) is 6.07. The van der Waals surface area contributed by atoms with Gasteiger partial charge in [-0.2, -0.15) is 18.3 Å². The van der Waals surface area contributed by atoms with Gasteiger partial charge in [0, 0.05) is 11.7 Å². The molecule has 0 saturated heterocycles. The minimum Gasteiger partial charge on any atom is -0.348 e. The fraction of sp³-hybridized carbons (Fsp3) is 0.714.